The van der Waals surface area contributed by atoms with Gasteiger partial charge in [-0.3, -0.25) is 0 Å². The fourth-order valence-electron chi connectivity index (χ4n) is 2.98. The molecule has 1 saturated carbocycles. The summed E-state index contributed by atoms with van der Waals surface area (Å²) in [4.78, 5) is 11.9. The summed E-state index contributed by atoms with van der Waals surface area (Å²) in [6, 6.07) is 1.74. The second kappa shape index (κ2) is 7.60. The third kappa shape index (κ3) is 3.98. The van der Waals surface area contributed by atoms with Crippen LogP contribution in [-0.2, 0) is 9.84 Å². The van der Waals surface area contributed by atoms with Crippen LogP contribution in [0.15, 0.2) is 29.7 Å². The molecule has 0 aromatic carbocycles. The first-order valence-electron chi connectivity index (χ1n) is 9.45. The number of hydrogen-bond donors (Lipinski definition) is 0. The highest BCUT2D eigenvalue weighted by molar-refractivity contribution is 7.91. The highest BCUT2D eigenvalue weighted by atomic mass is 32.2. The van der Waals surface area contributed by atoms with E-state index < -0.39 is 34.4 Å². The molecular formula is C18H16F5N5O3S. The van der Waals surface area contributed by atoms with Gasteiger partial charge in [0.1, 0.15) is 0 Å². The summed E-state index contributed by atoms with van der Waals surface area (Å²) >= 11 is 0. The van der Waals surface area contributed by atoms with Crippen LogP contribution in [0, 0.1) is 0 Å². The van der Waals surface area contributed by atoms with E-state index in [1.165, 1.54) is 17.6 Å². The Kier molecular flexibility index (Phi) is 5.30. The quantitative estimate of drug-likeness (QED) is 0.481. The van der Waals surface area contributed by atoms with Crippen LogP contribution in [0.2, 0.25) is 0 Å². The molecule has 0 atom stereocenters. The van der Waals surface area contributed by atoms with E-state index in [-0.39, 0.29) is 33.6 Å². The zero-order chi connectivity index (χ0) is 23.3. The predicted molar refractivity (Wildman–Crippen MR) is 100 cm³/mol. The lowest BCUT2D eigenvalue weighted by atomic mass is 10.2. The number of alkyl halides is 5. The molecule has 1 aliphatic rings. The maximum atomic E-state index is 13.0. The van der Waals surface area contributed by atoms with Gasteiger partial charge >= 0.3 is 12.1 Å². The Bertz CT molecular complexity index is 1250. The summed E-state index contributed by atoms with van der Waals surface area (Å²) in [6.07, 6.45) is -0.555. The Morgan fingerprint density at radius 1 is 1.12 bits per heavy atom. The van der Waals surface area contributed by atoms with Crippen molar-refractivity contribution in [3.63, 3.8) is 0 Å². The number of ether oxygens (including phenoxy) is 1. The van der Waals surface area contributed by atoms with Crippen molar-refractivity contribution in [2.45, 2.75) is 42.8 Å². The average molecular weight is 477 g/mol. The number of rotatable bonds is 7. The summed E-state index contributed by atoms with van der Waals surface area (Å²) in [5.41, 5.74) is 1.07. The Labute approximate surface area is 178 Å². The molecule has 0 saturated heterocycles. The maximum absolute atomic E-state index is 13.0. The molecule has 3 aromatic rings. The van der Waals surface area contributed by atoms with Crippen molar-refractivity contribution in [3.8, 4) is 17.1 Å². The van der Waals surface area contributed by atoms with Crippen LogP contribution in [-0.4, -0.2) is 57.4 Å². The van der Waals surface area contributed by atoms with Crippen LogP contribution in [0.1, 0.15) is 31.4 Å². The smallest absolute Gasteiger partial charge is 0.456 e. The van der Waals surface area contributed by atoms with E-state index in [4.69, 9.17) is 0 Å². The third-order valence-corrected chi connectivity index (χ3v) is 6.52. The molecule has 4 rings (SSSR count). The molecule has 8 nitrogen and oxygen atoms in total. The van der Waals surface area contributed by atoms with Crippen molar-refractivity contribution in [1.29, 1.82) is 0 Å². The van der Waals surface area contributed by atoms with Gasteiger partial charge in [-0.25, -0.2) is 27.9 Å². The van der Waals surface area contributed by atoms with Gasteiger partial charge in [0.2, 0.25) is 5.88 Å². The average Bonchev–Trinajstić information content (AvgIpc) is 3.50. The minimum absolute atomic E-state index is 0.00223. The molecule has 32 heavy (non-hydrogen) atoms. The number of fused-ring (bicyclic) bond motifs is 1. The Hall–Kier alpha value is -2.90. The topological polar surface area (TPSA) is 99.3 Å². The number of sulfone groups is 1. The van der Waals surface area contributed by atoms with Crippen molar-refractivity contribution in [1.82, 2.24) is 24.6 Å². The molecule has 0 N–H and O–H groups in total. The molecule has 1 aliphatic carbocycles. The molecule has 3 aromatic heterocycles. The summed E-state index contributed by atoms with van der Waals surface area (Å²) < 4.78 is 94.1. The Morgan fingerprint density at radius 3 is 2.41 bits per heavy atom. The van der Waals surface area contributed by atoms with Crippen molar-refractivity contribution in [3.05, 3.63) is 30.4 Å². The molecular weight excluding hydrogens is 461 g/mol. The molecule has 0 radical (unpaired) electrons. The first-order valence-corrected chi connectivity index (χ1v) is 11.1. The lowest BCUT2D eigenvalue weighted by Gasteiger charge is -2.19. The van der Waals surface area contributed by atoms with E-state index in [0.29, 0.717) is 0 Å². The van der Waals surface area contributed by atoms with E-state index in [1.54, 1.807) is 6.07 Å². The number of hydrogen-bond acceptors (Lipinski definition) is 7. The molecule has 0 amide bonds. The van der Waals surface area contributed by atoms with Crippen LogP contribution in [0.5, 0.6) is 5.88 Å². The number of aromatic nitrogens is 5. The first kappa shape index (κ1) is 22.3. The third-order valence-electron chi connectivity index (χ3n) is 4.89. The molecule has 0 bridgehead atoms. The molecule has 0 aliphatic heterocycles. The van der Waals surface area contributed by atoms with Crippen molar-refractivity contribution in [2.75, 3.05) is 12.4 Å². The Balaban J connectivity index is 1.73. The van der Waals surface area contributed by atoms with E-state index >= 15 is 0 Å². The molecule has 0 spiro atoms. The minimum atomic E-state index is -5.77. The van der Waals surface area contributed by atoms with Gasteiger partial charge in [0.15, 0.2) is 27.1 Å². The lowest BCUT2D eigenvalue weighted by molar-refractivity contribution is -0.290. The van der Waals surface area contributed by atoms with Crippen LogP contribution in [0.25, 0.3) is 16.9 Å². The monoisotopic (exact) mass is 477 g/mol. The summed E-state index contributed by atoms with van der Waals surface area (Å²) in [7, 11) is -3.81. The zero-order valence-electron chi connectivity index (χ0n) is 16.5. The van der Waals surface area contributed by atoms with Crippen LogP contribution in [0.4, 0.5) is 22.0 Å². The van der Waals surface area contributed by atoms with Crippen molar-refractivity contribution < 1.29 is 35.1 Å². The molecule has 14 heteroatoms. The molecule has 0 unspecified atom stereocenters. The highest BCUT2D eigenvalue weighted by Crippen LogP contribution is 2.41. The van der Waals surface area contributed by atoms with Crippen LogP contribution in [0.3, 0.4) is 0 Å². The second-order valence-electron chi connectivity index (χ2n) is 7.19. The van der Waals surface area contributed by atoms with E-state index in [1.807, 2.05) is 0 Å². The normalized spacial score (nSPS) is 15.3. The van der Waals surface area contributed by atoms with Crippen LogP contribution < -0.4 is 4.74 Å². The van der Waals surface area contributed by atoms with E-state index in [0.717, 1.165) is 30.9 Å². The van der Waals surface area contributed by atoms with Gasteiger partial charge in [0, 0.05) is 17.8 Å². The molecule has 3 heterocycles. The highest BCUT2D eigenvalue weighted by Gasteiger charge is 2.58. The Morgan fingerprint density at radius 2 is 1.84 bits per heavy atom. The van der Waals surface area contributed by atoms with E-state index in [9.17, 15) is 30.4 Å². The SMILES string of the molecule is CCS(=O)(=O)c1nn2c(C3CC3)ccnc2c1-c1cnc(OCC(F)(F)C(F)(F)F)cn1. The van der Waals surface area contributed by atoms with E-state index in [2.05, 4.69) is 24.8 Å². The number of nitrogens with zero attached hydrogens (tertiary/aromatic N) is 5. The van der Waals surface area contributed by atoms with Crippen LogP contribution >= 0.6 is 0 Å². The summed E-state index contributed by atoms with van der Waals surface area (Å²) in [6.45, 7) is -0.523. The van der Waals surface area contributed by atoms with Crippen molar-refractivity contribution in [2.24, 2.45) is 0 Å². The first-order chi connectivity index (χ1) is 14.9. The molecule has 1 fully saturated rings. The van der Waals surface area contributed by atoms with Gasteiger partial charge in [-0.05, 0) is 18.9 Å². The fraction of sp³-hybridized carbons (Fsp3) is 0.444. The van der Waals surface area contributed by atoms with Gasteiger partial charge in [-0.2, -0.15) is 27.1 Å². The summed E-state index contributed by atoms with van der Waals surface area (Å²) in [5, 5.41) is 3.98. The maximum Gasteiger partial charge on any atom is 0.456 e. The van der Waals surface area contributed by atoms with Gasteiger partial charge in [0.05, 0.1) is 29.4 Å². The lowest BCUT2D eigenvalue weighted by Crippen LogP contribution is -2.41. The standard InChI is InChI=1S/C18H16F5N5O3S/c1-2-32(29,30)16-14(15-24-6-5-12(10-3-4-10)28(15)27-16)11-7-26-13(8-25-11)31-9-17(19,20)18(21,22)23/h5-8,10H,2-4,9H2,1H3. The van der Waals surface area contributed by atoms with Gasteiger partial charge in [0.25, 0.3) is 0 Å². The van der Waals surface area contributed by atoms with Gasteiger partial charge in [-0.15, -0.1) is 0 Å². The fourth-order valence-corrected chi connectivity index (χ4v) is 3.96. The number of halogens is 5. The minimum Gasteiger partial charge on any atom is -0.470 e. The van der Waals surface area contributed by atoms with Gasteiger partial charge < -0.3 is 4.74 Å². The predicted octanol–water partition coefficient (Wildman–Crippen LogP) is 3.43. The molecule has 172 valence electrons. The van der Waals surface area contributed by atoms with Gasteiger partial charge in [-0.1, -0.05) is 6.92 Å². The second-order valence-corrected chi connectivity index (χ2v) is 9.39. The van der Waals surface area contributed by atoms with Crippen molar-refractivity contribution >= 4 is 15.5 Å². The zero-order valence-corrected chi connectivity index (χ0v) is 17.3. The largest absolute Gasteiger partial charge is 0.470 e. The summed E-state index contributed by atoms with van der Waals surface area (Å²) in [5.74, 6) is -5.67.